The number of nitrogens with zero attached hydrogens (tertiary/aromatic N) is 2. The Kier molecular flexibility index (Phi) is 5.69. The topological polar surface area (TPSA) is 71.5 Å². The lowest BCUT2D eigenvalue weighted by atomic mass is 10.3. The number of esters is 1. The fourth-order valence-electron chi connectivity index (χ4n) is 2.30. The lowest BCUT2D eigenvalue weighted by Crippen LogP contribution is -2.25. The van der Waals surface area contributed by atoms with Crippen molar-refractivity contribution < 1.29 is 14.3 Å². The van der Waals surface area contributed by atoms with Gasteiger partial charge in [0.15, 0.2) is 16.6 Å². The third-order valence-electron chi connectivity index (χ3n) is 3.32. The molecule has 0 radical (unpaired) electrons. The molecule has 0 amide bonds. The van der Waals surface area contributed by atoms with Crippen LogP contribution in [0.5, 0.6) is 0 Å². The van der Waals surface area contributed by atoms with Gasteiger partial charge in [0.1, 0.15) is 4.88 Å². The van der Waals surface area contributed by atoms with E-state index >= 15 is 0 Å². The molecule has 7 heteroatoms. The highest BCUT2D eigenvalue weighted by atomic mass is 32.1. The van der Waals surface area contributed by atoms with Gasteiger partial charge < -0.3 is 15.0 Å². The molecule has 0 aliphatic carbocycles. The van der Waals surface area contributed by atoms with Crippen LogP contribution >= 0.6 is 11.3 Å². The van der Waals surface area contributed by atoms with E-state index in [1.54, 1.807) is 6.92 Å². The molecule has 0 spiro atoms. The predicted molar refractivity (Wildman–Crippen MR) is 82.2 cm³/mol. The standard InChI is InChI=1S/C14H21N3O3S/c1-3-20-13(19)11-12(10(2)18)21-14(16-11)15-6-9-17-7-4-5-8-17/h3-9H2,1-2H3,(H,15,16). The van der Waals surface area contributed by atoms with Crippen molar-refractivity contribution in [3.63, 3.8) is 0 Å². The van der Waals surface area contributed by atoms with Crippen molar-refractivity contribution in [3.8, 4) is 0 Å². The average molecular weight is 311 g/mol. The Morgan fingerprint density at radius 1 is 1.38 bits per heavy atom. The van der Waals surface area contributed by atoms with Crippen LogP contribution in [0.2, 0.25) is 0 Å². The van der Waals surface area contributed by atoms with E-state index in [0.717, 1.165) is 26.2 Å². The van der Waals surface area contributed by atoms with E-state index in [9.17, 15) is 9.59 Å². The van der Waals surface area contributed by atoms with Crippen molar-refractivity contribution >= 4 is 28.2 Å². The molecule has 21 heavy (non-hydrogen) atoms. The molecule has 1 aromatic heterocycles. The Balaban J connectivity index is 1.97. The first-order valence-corrected chi connectivity index (χ1v) is 8.08. The molecule has 1 N–H and O–H groups in total. The third-order valence-corrected chi connectivity index (χ3v) is 4.43. The second-order valence-electron chi connectivity index (χ2n) is 4.95. The van der Waals surface area contributed by atoms with Crippen LogP contribution in [-0.2, 0) is 4.74 Å². The predicted octanol–water partition coefficient (Wildman–Crippen LogP) is 2.03. The molecule has 2 heterocycles. The first-order chi connectivity index (χ1) is 10.1. The summed E-state index contributed by atoms with van der Waals surface area (Å²) in [6.07, 6.45) is 2.53. The smallest absolute Gasteiger partial charge is 0.358 e. The van der Waals surface area contributed by atoms with Crippen LogP contribution in [-0.4, -0.2) is 54.4 Å². The Hall–Kier alpha value is -1.47. The summed E-state index contributed by atoms with van der Waals surface area (Å²) >= 11 is 1.21. The molecule has 0 bridgehead atoms. The Labute approximate surface area is 128 Å². The summed E-state index contributed by atoms with van der Waals surface area (Å²) < 4.78 is 4.93. The van der Waals surface area contributed by atoms with Crippen molar-refractivity contribution in [3.05, 3.63) is 10.6 Å². The molecular weight excluding hydrogens is 290 g/mol. The first-order valence-electron chi connectivity index (χ1n) is 7.27. The number of ether oxygens (including phenoxy) is 1. The number of likely N-dealkylation sites (tertiary alicyclic amines) is 1. The monoisotopic (exact) mass is 311 g/mol. The largest absolute Gasteiger partial charge is 0.461 e. The summed E-state index contributed by atoms with van der Waals surface area (Å²) in [6.45, 7) is 7.43. The molecule has 116 valence electrons. The number of hydrogen-bond donors (Lipinski definition) is 1. The van der Waals surface area contributed by atoms with Crippen LogP contribution in [0.25, 0.3) is 0 Å². The molecule has 1 aliphatic heterocycles. The summed E-state index contributed by atoms with van der Waals surface area (Å²) in [5.74, 6) is -0.699. The lowest BCUT2D eigenvalue weighted by molar-refractivity contribution is 0.0517. The van der Waals surface area contributed by atoms with E-state index < -0.39 is 5.97 Å². The van der Waals surface area contributed by atoms with Gasteiger partial charge in [-0.2, -0.15) is 0 Å². The van der Waals surface area contributed by atoms with E-state index in [1.165, 1.54) is 31.1 Å². The Bertz CT molecular complexity index is 510. The van der Waals surface area contributed by atoms with E-state index in [0.29, 0.717) is 10.0 Å². The summed E-state index contributed by atoms with van der Waals surface area (Å²) in [5.41, 5.74) is 0.123. The second-order valence-corrected chi connectivity index (χ2v) is 5.95. The van der Waals surface area contributed by atoms with E-state index in [4.69, 9.17) is 4.74 Å². The fourth-order valence-corrected chi connectivity index (χ4v) is 3.17. The molecule has 6 nitrogen and oxygen atoms in total. The fraction of sp³-hybridized carbons (Fsp3) is 0.643. The van der Waals surface area contributed by atoms with Gasteiger partial charge in [-0.05, 0) is 32.9 Å². The van der Waals surface area contributed by atoms with Gasteiger partial charge >= 0.3 is 5.97 Å². The average Bonchev–Trinajstić information content (AvgIpc) is 3.08. The number of ketones is 1. The van der Waals surface area contributed by atoms with E-state index in [-0.39, 0.29) is 18.1 Å². The van der Waals surface area contributed by atoms with Gasteiger partial charge in [0.2, 0.25) is 0 Å². The Morgan fingerprint density at radius 3 is 2.71 bits per heavy atom. The zero-order chi connectivity index (χ0) is 15.2. The third kappa shape index (κ3) is 4.25. The molecule has 0 aromatic carbocycles. The summed E-state index contributed by atoms with van der Waals surface area (Å²) in [6, 6.07) is 0. The molecule has 0 unspecified atom stereocenters. The van der Waals surface area contributed by atoms with Gasteiger partial charge in [0.05, 0.1) is 6.61 Å². The minimum absolute atomic E-state index is 0.123. The van der Waals surface area contributed by atoms with Crippen LogP contribution in [0.4, 0.5) is 5.13 Å². The maximum absolute atomic E-state index is 11.8. The number of nitrogens with one attached hydrogen (secondary N) is 1. The summed E-state index contributed by atoms with van der Waals surface area (Å²) in [7, 11) is 0. The molecule has 1 fully saturated rings. The van der Waals surface area contributed by atoms with Crippen molar-refractivity contribution in [2.45, 2.75) is 26.7 Å². The van der Waals surface area contributed by atoms with Crippen molar-refractivity contribution in [1.82, 2.24) is 9.88 Å². The highest BCUT2D eigenvalue weighted by molar-refractivity contribution is 7.17. The van der Waals surface area contributed by atoms with Crippen LogP contribution in [0.3, 0.4) is 0 Å². The van der Waals surface area contributed by atoms with Crippen LogP contribution in [0, 0.1) is 0 Å². The highest BCUT2D eigenvalue weighted by Crippen LogP contribution is 2.24. The number of anilines is 1. The van der Waals surface area contributed by atoms with Gasteiger partial charge in [0.25, 0.3) is 0 Å². The number of Topliss-reactive ketones (excluding diaryl/α,β-unsaturated/α-hetero) is 1. The number of thiazole rings is 1. The molecule has 0 saturated carbocycles. The Morgan fingerprint density at radius 2 is 2.10 bits per heavy atom. The first kappa shape index (κ1) is 15.9. The number of rotatable bonds is 7. The molecule has 2 rings (SSSR count). The van der Waals surface area contributed by atoms with Crippen LogP contribution in [0.15, 0.2) is 0 Å². The van der Waals surface area contributed by atoms with Crippen LogP contribution < -0.4 is 5.32 Å². The minimum Gasteiger partial charge on any atom is -0.461 e. The number of aromatic nitrogens is 1. The molecule has 1 aromatic rings. The zero-order valence-electron chi connectivity index (χ0n) is 12.5. The number of carbonyl (C=O) groups excluding carboxylic acids is 2. The van der Waals surface area contributed by atoms with Gasteiger partial charge in [0, 0.05) is 20.0 Å². The zero-order valence-corrected chi connectivity index (χ0v) is 13.3. The van der Waals surface area contributed by atoms with Crippen molar-refractivity contribution in [2.24, 2.45) is 0 Å². The van der Waals surface area contributed by atoms with Gasteiger partial charge in [-0.25, -0.2) is 9.78 Å². The van der Waals surface area contributed by atoms with Crippen molar-refractivity contribution in [2.75, 3.05) is 38.1 Å². The van der Waals surface area contributed by atoms with Crippen molar-refractivity contribution in [1.29, 1.82) is 0 Å². The van der Waals surface area contributed by atoms with Crippen LogP contribution in [0.1, 0.15) is 46.8 Å². The van der Waals surface area contributed by atoms with E-state index in [2.05, 4.69) is 15.2 Å². The van der Waals surface area contributed by atoms with Gasteiger partial charge in [-0.1, -0.05) is 11.3 Å². The van der Waals surface area contributed by atoms with E-state index in [1.807, 2.05) is 0 Å². The quantitative estimate of drug-likeness (QED) is 0.613. The highest BCUT2D eigenvalue weighted by Gasteiger charge is 2.22. The molecule has 0 atom stereocenters. The molecule has 1 aliphatic rings. The van der Waals surface area contributed by atoms with Gasteiger partial charge in [-0.15, -0.1) is 0 Å². The second kappa shape index (κ2) is 7.51. The molecule has 1 saturated heterocycles. The van der Waals surface area contributed by atoms with Gasteiger partial charge in [-0.3, -0.25) is 4.79 Å². The number of carbonyl (C=O) groups is 2. The summed E-state index contributed by atoms with van der Waals surface area (Å²) in [5, 5.41) is 3.79. The summed E-state index contributed by atoms with van der Waals surface area (Å²) in [4.78, 5) is 30.4. The normalized spacial score (nSPS) is 15.1. The maximum atomic E-state index is 11.8. The molecular formula is C14H21N3O3S. The maximum Gasteiger partial charge on any atom is 0.358 e. The minimum atomic E-state index is -0.536. The lowest BCUT2D eigenvalue weighted by Gasteiger charge is -2.14. The number of hydrogen-bond acceptors (Lipinski definition) is 7. The SMILES string of the molecule is CCOC(=O)c1nc(NCCN2CCCC2)sc1C(C)=O.